The predicted molar refractivity (Wildman–Crippen MR) is 81.1 cm³/mol. The number of carbonyl (C=O) groups excluding carboxylic acids is 1. The largest absolute Gasteiger partial charge is 0.461 e. The summed E-state index contributed by atoms with van der Waals surface area (Å²) in [7, 11) is 0. The van der Waals surface area contributed by atoms with E-state index in [1.165, 1.54) is 5.56 Å². The van der Waals surface area contributed by atoms with Crippen molar-refractivity contribution in [2.75, 3.05) is 0 Å². The number of aryl methyl sites for hydroxylation is 1. The van der Waals surface area contributed by atoms with Crippen LogP contribution in [0.2, 0.25) is 0 Å². The number of nitrogens with one attached hydrogen (secondary N) is 2. The first-order valence-electron chi connectivity index (χ1n) is 7.08. The van der Waals surface area contributed by atoms with Gasteiger partial charge in [-0.15, -0.1) is 5.10 Å². The maximum Gasteiger partial charge on any atom is 0.251 e. The standard InChI is InChI=1S/C16H16N4O2/c1-2-11-5-7-12(8-6-11)16(21)17-10-14-18-15(20-19-14)13-4-3-9-22-13/h3-9H,2,10H2,1H3,(H,17,21)(H,18,19,20). The van der Waals surface area contributed by atoms with Crippen molar-refractivity contribution in [2.24, 2.45) is 0 Å². The fourth-order valence-corrected chi connectivity index (χ4v) is 2.05. The van der Waals surface area contributed by atoms with E-state index < -0.39 is 0 Å². The molecular weight excluding hydrogens is 280 g/mol. The second-order valence-corrected chi connectivity index (χ2v) is 4.82. The normalized spacial score (nSPS) is 10.6. The van der Waals surface area contributed by atoms with Gasteiger partial charge >= 0.3 is 0 Å². The number of aromatic nitrogens is 3. The van der Waals surface area contributed by atoms with E-state index in [1.54, 1.807) is 18.4 Å². The molecule has 0 fully saturated rings. The molecule has 0 aliphatic carbocycles. The van der Waals surface area contributed by atoms with Crippen LogP contribution in [0.1, 0.15) is 28.7 Å². The number of hydrogen-bond acceptors (Lipinski definition) is 4. The SMILES string of the molecule is CCc1ccc(C(=O)NCc2nc(-c3ccco3)n[nH]2)cc1. The number of benzene rings is 1. The molecule has 0 unspecified atom stereocenters. The van der Waals surface area contributed by atoms with Gasteiger partial charge in [0.15, 0.2) is 5.76 Å². The molecule has 1 aromatic carbocycles. The van der Waals surface area contributed by atoms with Crippen LogP contribution in [0.4, 0.5) is 0 Å². The van der Waals surface area contributed by atoms with Crippen molar-refractivity contribution in [1.29, 1.82) is 0 Å². The van der Waals surface area contributed by atoms with Gasteiger partial charge in [0.25, 0.3) is 5.91 Å². The molecule has 2 N–H and O–H groups in total. The third-order valence-corrected chi connectivity index (χ3v) is 3.31. The van der Waals surface area contributed by atoms with E-state index in [4.69, 9.17) is 4.42 Å². The smallest absolute Gasteiger partial charge is 0.251 e. The highest BCUT2D eigenvalue weighted by Crippen LogP contribution is 2.14. The van der Waals surface area contributed by atoms with Crippen LogP contribution in [-0.4, -0.2) is 21.1 Å². The van der Waals surface area contributed by atoms with Crippen molar-refractivity contribution in [3.8, 4) is 11.6 Å². The molecule has 22 heavy (non-hydrogen) atoms. The molecular formula is C16H16N4O2. The van der Waals surface area contributed by atoms with Gasteiger partial charge < -0.3 is 9.73 Å². The van der Waals surface area contributed by atoms with Crippen molar-refractivity contribution in [3.63, 3.8) is 0 Å². The highest BCUT2D eigenvalue weighted by atomic mass is 16.3. The van der Waals surface area contributed by atoms with Gasteiger partial charge in [0.1, 0.15) is 5.82 Å². The Bertz CT molecular complexity index is 745. The fraction of sp³-hybridized carbons (Fsp3) is 0.188. The number of amides is 1. The zero-order valence-corrected chi connectivity index (χ0v) is 12.2. The maximum absolute atomic E-state index is 12.1. The van der Waals surface area contributed by atoms with Crippen molar-refractivity contribution < 1.29 is 9.21 Å². The quantitative estimate of drug-likeness (QED) is 0.758. The van der Waals surface area contributed by atoms with Gasteiger partial charge in [-0.05, 0) is 36.2 Å². The van der Waals surface area contributed by atoms with E-state index in [-0.39, 0.29) is 12.5 Å². The minimum absolute atomic E-state index is 0.140. The summed E-state index contributed by atoms with van der Waals surface area (Å²) >= 11 is 0. The second-order valence-electron chi connectivity index (χ2n) is 4.82. The number of carbonyl (C=O) groups is 1. The molecule has 112 valence electrons. The Morgan fingerprint density at radius 3 is 2.77 bits per heavy atom. The number of nitrogens with zero attached hydrogens (tertiary/aromatic N) is 2. The molecule has 1 amide bonds. The maximum atomic E-state index is 12.1. The van der Waals surface area contributed by atoms with Crippen LogP contribution in [0.3, 0.4) is 0 Å². The second kappa shape index (κ2) is 6.26. The Morgan fingerprint density at radius 2 is 2.09 bits per heavy atom. The van der Waals surface area contributed by atoms with Crippen LogP contribution >= 0.6 is 0 Å². The van der Waals surface area contributed by atoms with Crippen molar-refractivity contribution in [1.82, 2.24) is 20.5 Å². The molecule has 0 aliphatic heterocycles. The Hall–Kier alpha value is -2.89. The molecule has 0 saturated carbocycles. The number of furan rings is 1. The molecule has 0 saturated heterocycles. The minimum atomic E-state index is -0.140. The van der Waals surface area contributed by atoms with E-state index in [0.717, 1.165) is 6.42 Å². The van der Waals surface area contributed by atoms with Gasteiger partial charge in [0.2, 0.25) is 5.82 Å². The lowest BCUT2D eigenvalue weighted by Gasteiger charge is -2.04. The van der Waals surface area contributed by atoms with Gasteiger partial charge in [-0.2, -0.15) is 0 Å². The Kier molecular flexibility index (Phi) is 4.00. The van der Waals surface area contributed by atoms with Crippen LogP contribution < -0.4 is 5.32 Å². The van der Waals surface area contributed by atoms with Crippen LogP contribution in [0.25, 0.3) is 11.6 Å². The van der Waals surface area contributed by atoms with Crippen molar-refractivity contribution in [3.05, 3.63) is 59.6 Å². The molecule has 0 aliphatic rings. The summed E-state index contributed by atoms with van der Waals surface area (Å²) in [6.45, 7) is 2.36. The lowest BCUT2D eigenvalue weighted by atomic mass is 10.1. The van der Waals surface area contributed by atoms with Crippen LogP contribution in [-0.2, 0) is 13.0 Å². The molecule has 0 atom stereocenters. The highest BCUT2D eigenvalue weighted by Gasteiger charge is 2.10. The summed E-state index contributed by atoms with van der Waals surface area (Å²) in [6.07, 6.45) is 2.52. The van der Waals surface area contributed by atoms with Crippen LogP contribution in [0, 0.1) is 0 Å². The number of hydrogen-bond donors (Lipinski definition) is 2. The minimum Gasteiger partial charge on any atom is -0.461 e. The summed E-state index contributed by atoms with van der Waals surface area (Å²) in [5, 5.41) is 9.64. The van der Waals surface area contributed by atoms with Gasteiger partial charge in [0.05, 0.1) is 12.8 Å². The van der Waals surface area contributed by atoms with Crippen LogP contribution in [0.5, 0.6) is 0 Å². The Labute approximate surface area is 127 Å². The first-order chi connectivity index (χ1) is 10.8. The topological polar surface area (TPSA) is 83.8 Å². The van der Waals surface area contributed by atoms with E-state index in [2.05, 4.69) is 27.4 Å². The van der Waals surface area contributed by atoms with Crippen LogP contribution in [0.15, 0.2) is 47.1 Å². The van der Waals surface area contributed by atoms with Gasteiger partial charge in [-0.25, -0.2) is 4.98 Å². The van der Waals surface area contributed by atoms with Gasteiger partial charge in [0, 0.05) is 5.56 Å². The molecule has 0 bridgehead atoms. The molecule has 3 rings (SSSR count). The zero-order valence-electron chi connectivity index (χ0n) is 12.2. The first kappa shape index (κ1) is 14.1. The Morgan fingerprint density at radius 1 is 1.27 bits per heavy atom. The lowest BCUT2D eigenvalue weighted by molar-refractivity contribution is 0.0950. The average Bonchev–Trinajstić information content (AvgIpc) is 3.23. The molecule has 2 aromatic heterocycles. The lowest BCUT2D eigenvalue weighted by Crippen LogP contribution is -2.23. The number of H-pyrrole nitrogens is 1. The first-order valence-corrected chi connectivity index (χ1v) is 7.08. The third kappa shape index (κ3) is 3.06. The van der Waals surface area contributed by atoms with Crippen molar-refractivity contribution >= 4 is 5.91 Å². The van der Waals surface area contributed by atoms with Gasteiger partial charge in [-0.3, -0.25) is 9.89 Å². The number of aromatic amines is 1. The highest BCUT2D eigenvalue weighted by molar-refractivity contribution is 5.94. The van der Waals surface area contributed by atoms with Gasteiger partial charge in [-0.1, -0.05) is 19.1 Å². The van der Waals surface area contributed by atoms with Crippen molar-refractivity contribution in [2.45, 2.75) is 19.9 Å². The molecule has 6 nitrogen and oxygen atoms in total. The summed E-state index contributed by atoms with van der Waals surface area (Å²) in [5.41, 5.74) is 1.83. The van der Waals surface area contributed by atoms with E-state index in [0.29, 0.717) is 23.0 Å². The molecule has 0 spiro atoms. The summed E-state index contributed by atoms with van der Waals surface area (Å²) in [5.74, 6) is 1.49. The van der Waals surface area contributed by atoms with E-state index in [1.807, 2.05) is 24.3 Å². The number of rotatable bonds is 5. The fourth-order valence-electron chi connectivity index (χ4n) is 2.05. The molecule has 6 heteroatoms. The summed E-state index contributed by atoms with van der Waals surface area (Å²) in [6, 6.07) is 11.1. The monoisotopic (exact) mass is 296 g/mol. The van der Waals surface area contributed by atoms with E-state index in [9.17, 15) is 4.79 Å². The van der Waals surface area contributed by atoms with E-state index >= 15 is 0 Å². The molecule has 3 aromatic rings. The molecule has 2 heterocycles. The summed E-state index contributed by atoms with van der Waals surface area (Å²) < 4.78 is 5.22. The third-order valence-electron chi connectivity index (χ3n) is 3.31. The average molecular weight is 296 g/mol. The zero-order chi connectivity index (χ0) is 15.4. The summed E-state index contributed by atoms with van der Waals surface area (Å²) in [4.78, 5) is 16.3. The predicted octanol–water partition coefficient (Wildman–Crippen LogP) is 2.56. The molecule has 0 radical (unpaired) electrons. The Balaban J connectivity index is 1.61.